The zero-order valence-corrected chi connectivity index (χ0v) is 12.7. The SMILES string of the molecule is CS(=O)(=O)NCc1ccc(NC(=O)C2CC(F)(F)CN2)cc1. The van der Waals surface area contributed by atoms with E-state index in [4.69, 9.17) is 0 Å². The van der Waals surface area contributed by atoms with Crippen LogP contribution in [-0.4, -0.2) is 39.1 Å². The lowest BCUT2D eigenvalue weighted by Crippen LogP contribution is -2.35. The zero-order chi connectivity index (χ0) is 16.4. The van der Waals surface area contributed by atoms with Crippen LogP contribution in [0.15, 0.2) is 24.3 Å². The number of carbonyl (C=O) groups excluding carboxylic acids is 1. The van der Waals surface area contributed by atoms with Crippen molar-refractivity contribution in [3.8, 4) is 0 Å². The molecule has 122 valence electrons. The highest BCUT2D eigenvalue weighted by Crippen LogP contribution is 2.25. The summed E-state index contributed by atoms with van der Waals surface area (Å²) in [4.78, 5) is 11.8. The van der Waals surface area contributed by atoms with E-state index in [0.717, 1.165) is 6.26 Å². The van der Waals surface area contributed by atoms with Gasteiger partial charge in [-0.1, -0.05) is 12.1 Å². The number of hydrogen-bond donors (Lipinski definition) is 3. The van der Waals surface area contributed by atoms with E-state index in [0.29, 0.717) is 11.3 Å². The fourth-order valence-electron chi connectivity index (χ4n) is 2.05. The monoisotopic (exact) mass is 333 g/mol. The molecule has 0 spiro atoms. The Morgan fingerprint density at radius 1 is 1.36 bits per heavy atom. The van der Waals surface area contributed by atoms with Crippen molar-refractivity contribution in [3.63, 3.8) is 0 Å². The quantitative estimate of drug-likeness (QED) is 0.739. The summed E-state index contributed by atoms with van der Waals surface area (Å²) in [5.74, 6) is -3.37. The molecule has 1 amide bonds. The second-order valence-electron chi connectivity index (χ2n) is 5.27. The van der Waals surface area contributed by atoms with Crippen LogP contribution in [0.1, 0.15) is 12.0 Å². The highest BCUT2D eigenvalue weighted by molar-refractivity contribution is 7.88. The number of rotatable bonds is 5. The van der Waals surface area contributed by atoms with E-state index in [2.05, 4.69) is 15.4 Å². The number of carbonyl (C=O) groups is 1. The Hall–Kier alpha value is -1.58. The number of benzene rings is 1. The molecule has 2 rings (SSSR count). The molecule has 1 heterocycles. The number of halogens is 2. The molecule has 6 nitrogen and oxygen atoms in total. The van der Waals surface area contributed by atoms with E-state index in [1.54, 1.807) is 24.3 Å². The molecule has 1 atom stereocenters. The third-order valence-electron chi connectivity index (χ3n) is 3.19. The second-order valence-corrected chi connectivity index (χ2v) is 7.11. The van der Waals surface area contributed by atoms with Crippen LogP contribution in [0, 0.1) is 0 Å². The topological polar surface area (TPSA) is 87.3 Å². The van der Waals surface area contributed by atoms with E-state index in [1.165, 1.54) is 0 Å². The Balaban J connectivity index is 1.90. The predicted octanol–water partition coefficient (Wildman–Crippen LogP) is 0.671. The van der Waals surface area contributed by atoms with Crippen LogP contribution in [0.3, 0.4) is 0 Å². The molecule has 1 aromatic carbocycles. The number of alkyl halides is 2. The van der Waals surface area contributed by atoms with Gasteiger partial charge < -0.3 is 5.32 Å². The maximum absolute atomic E-state index is 13.0. The van der Waals surface area contributed by atoms with Crippen LogP contribution in [-0.2, 0) is 21.4 Å². The van der Waals surface area contributed by atoms with Gasteiger partial charge in [0, 0.05) is 18.7 Å². The van der Waals surface area contributed by atoms with Crippen molar-refractivity contribution in [1.82, 2.24) is 10.0 Å². The standard InChI is InChI=1S/C13H17F2N3O3S/c1-22(20,21)17-7-9-2-4-10(5-3-9)18-12(19)11-6-13(14,15)8-16-11/h2-5,11,16-17H,6-8H2,1H3,(H,18,19). The minimum atomic E-state index is -3.27. The molecule has 3 N–H and O–H groups in total. The lowest BCUT2D eigenvalue weighted by atomic mass is 10.1. The van der Waals surface area contributed by atoms with Crippen molar-refractivity contribution in [2.24, 2.45) is 0 Å². The fourth-order valence-corrected chi connectivity index (χ4v) is 2.48. The van der Waals surface area contributed by atoms with Crippen molar-refractivity contribution < 1.29 is 22.0 Å². The van der Waals surface area contributed by atoms with E-state index >= 15 is 0 Å². The van der Waals surface area contributed by atoms with Crippen molar-refractivity contribution in [2.75, 3.05) is 18.1 Å². The number of anilines is 1. The van der Waals surface area contributed by atoms with Gasteiger partial charge in [0.05, 0.1) is 18.8 Å². The normalized spacial score (nSPS) is 20.8. The Morgan fingerprint density at radius 2 is 2.00 bits per heavy atom. The Labute approximate surface area is 127 Å². The average molecular weight is 333 g/mol. The average Bonchev–Trinajstić information content (AvgIpc) is 2.77. The molecule has 0 aliphatic carbocycles. The summed E-state index contributed by atoms with van der Waals surface area (Å²) in [6, 6.07) is 5.55. The van der Waals surface area contributed by atoms with E-state index in [9.17, 15) is 22.0 Å². The molecular formula is C13H17F2N3O3S. The number of sulfonamides is 1. The molecule has 0 radical (unpaired) electrons. The molecular weight excluding hydrogens is 316 g/mol. The third-order valence-corrected chi connectivity index (χ3v) is 3.86. The van der Waals surface area contributed by atoms with Gasteiger partial charge in [-0.05, 0) is 17.7 Å². The molecule has 1 unspecified atom stereocenters. The van der Waals surface area contributed by atoms with Crippen LogP contribution >= 0.6 is 0 Å². The van der Waals surface area contributed by atoms with Gasteiger partial charge in [0.2, 0.25) is 15.9 Å². The first-order valence-electron chi connectivity index (χ1n) is 6.60. The molecule has 1 aliphatic heterocycles. The third kappa shape index (κ3) is 5.00. The van der Waals surface area contributed by atoms with E-state index in [1.807, 2.05) is 0 Å². The Bertz CT molecular complexity index is 647. The van der Waals surface area contributed by atoms with E-state index in [-0.39, 0.29) is 6.54 Å². The zero-order valence-electron chi connectivity index (χ0n) is 11.9. The van der Waals surface area contributed by atoms with Crippen molar-refractivity contribution >= 4 is 21.6 Å². The maximum atomic E-state index is 13.0. The summed E-state index contributed by atoms with van der Waals surface area (Å²) in [6.45, 7) is -0.356. The van der Waals surface area contributed by atoms with Gasteiger partial charge in [-0.25, -0.2) is 21.9 Å². The van der Waals surface area contributed by atoms with Gasteiger partial charge in [0.25, 0.3) is 5.92 Å². The van der Waals surface area contributed by atoms with Crippen molar-refractivity contribution in [2.45, 2.75) is 24.9 Å². The van der Waals surface area contributed by atoms with Gasteiger partial charge in [-0.15, -0.1) is 0 Å². The van der Waals surface area contributed by atoms with Gasteiger partial charge >= 0.3 is 0 Å². The molecule has 22 heavy (non-hydrogen) atoms. The summed E-state index contributed by atoms with van der Waals surface area (Å²) in [6.07, 6.45) is 0.543. The van der Waals surface area contributed by atoms with Crippen LogP contribution < -0.4 is 15.4 Å². The molecule has 0 saturated carbocycles. The number of nitrogens with one attached hydrogen (secondary N) is 3. The molecule has 9 heteroatoms. The maximum Gasteiger partial charge on any atom is 0.262 e. The summed E-state index contributed by atoms with van der Waals surface area (Å²) in [7, 11) is -3.27. The summed E-state index contributed by atoms with van der Waals surface area (Å²) in [5.41, 5.74) is 1.18. The Kier molecular flexibility index (Phi) is 4.78. The predicted molar refractivity (Wildman–Crippen MR) is 78.1 cm³/mol. The van der Waals surface area contributed by atoms with Crippen molar-refractivity contribution in [1.29, 1.82) is 0 Å². The highest BCUT2D eigenvalue weighted by atomic mass is 32.2. The Morgan fingerprint density at radius 3 is 2.50 bits per heavy atom. The van der Waals surface area contributed by atoms with Crippen LogP contribution in [0.5, 0.6) is 0 Å². The summed E-state index contributed by atoms with van der Waals surface area (Å²) >= 11 is 0. The number of hydrogen-bond acceptors (Lipinski definition) is 4. The van der Waals surface area contributed by atoms with Gasteiger partial charge in [-0.2, -0.15) is 0 Å². The molecule has 0 aromatic heterocycles. The number of amides is 1. The van der Waals surface area contributed by atoms with Gasteiger partial charge in [-0.3, -0.25) is 10.1 Å². The summed E-state index contributed by atoms with van der Waals surface area (Å²) < 4.78 is 50.4. The summed E-state index contributed by atoms with van der Waals surface area (Å²) in [5, 5.41) is 5.02. The lowest BCUT2D eigenvalue weighted by Gasteiger charge is -2.11. The van der Waals surface area contributed by atoms with E-state index < -0.39 is 40.9 Å². The first-order chi connectivity index (χ1) is 10.1. The fraction of sp³-hybridized carbons (Fsp3) is 0.462. The molecule has 1 saturated heterocycles. The smallest absolute Gasteiger partial charge is 0.262 e. The largest absolute Gasteiger partial charge is 0.325 e. The minimum Gasteiger partial charge on any atom is -0.325 e. The molecule has 1 aromatic rings. The van der Waals surface area contributed by atoms with Crippen LogP contribution in [0.2, 0.25) is 0 Å². The van der Waals surface area contributed by atoms with Crippen molar-refractivity contribution in [3.05, 3.63) is 29.8 Å². The van der Waals surface area contributed by atoms with Crippen LogP contribution in [0.4, 0.5) is 14.5 Å². The highest BCUT2D eigenvalue weighted by Gasteiger charge is 2.42. The molecule has 1 aliphatic rings. The molecule has 1 fully saturated rings. The van der Waals surface area contributed by atoms with Gasteiger partial charge in [0.15, 0.2) is 0 Å². The molecule has 0 bridgehead atoms. The first kappa shape index (κ1) is 16.8. The second kappa shape index (κ2) is 6.27. The van der Waals surface area contributed by atoms with Gasteiger partial charge in [0.1, 0.15) is 0 Å². The first-order valence-corrected chi connectivity index (χ1v) is 8.49. The van der Waals surface area contributed by atoms with Crippen LogP contribution in [0.25, 0.3) is 0 Å². The lowest BCUT2D eigenvalue weighted by molar-refractivity contribution is -0.118. The minimum absolute atomic E-state index is 0.142.